The number of aromatic nitrogens is 4. The van der Waals surface area contributed by atoms with Crippen LogP contribution in [0.25, 0.3) is 5.65 Å². The van der Waals surface area contributed by atoms with E-state index in [9.17, 15) is 9.59 Å². The minimum atomic E-state index is -0.142. The molecule has 0 atom stereocenters. The van der Waals surface area contributed by atoms with Crippen LogP contribution in [0.15, 0.2) is 36.4 Å². The van der Waals surface area contributed by atoms with Crippen LogP contribution >= 0.6 is 0 Å². The molecule has 2 N–H and O–H groups in total. The minimum Gasteiger partial charge on any atom is -0.495 e. The number of benzene rings is 1. The van der Waals surface area contributed by atoms with Crippen LogP contribution in [0.1, 0.15) is 31.5 Å². The number of amides is 2. The number of carbonyl (C=O) groups is 2. The van der Waals surface area contributed by atoms with E-state index in [1.165, 1.54) is 0 Å². The molecule has 0 radical (unpaired) electrons. The average molecular weight is 438 g/mol. The molecular formula is C22H27N7O3. The smallest absolute Gasteiger partial charge is 0.224 e. The Morgan fingerprint density at radius 1 is 1.19 bits per heavy atom. The summed E-state index contributed by atoms with van der Waals surface area (Å²) < 4.78 is 6.92. The van der Waals surface area contributed by atoms with Crippen molar-refractivity contribution in [3.05, 3.63) is 42.2 Å². The second-order valence-corrected chi connectivity index (χ2v) is 7.62. The fraction of sp³-hybridized carbons (Fsp3) is 0.409. The molecule has 1 aliphatic heterocycles. The van der Waals surface area contributed by atoms with Crippen molar-refractivity contribution in [3.63, 3.8) is 0 Å². The van der Waals surface area contributed by atoms with E-state index >= 15 is 0 Å². The molecule has 0 aliphatic carbocycles. The zero-order chi connectivity index (χ0) is 22.3. The van der Waals surface area contributed by atoms with Gasteiger partial charge in [-0.1, -0.05) is 12.1 Å². The summed E-state index contributed by atoms with van der Waals surface area (Å²) in [5.74, 6) is 2.02. The van der Waals surface area contributed by atoms with Crippen molar-refractivity contribution < 1.29 is 14.3 Å². The van der Waals surface area contributed by atoms with Crippen LogP contribution in [0.5, 0.6) is 5.75 Å². The molecule has 168 valence electrons. The Morgan fingerprint density at radius 2 is 2.06 bits per heavy atom. The second kappa shape index (κ2) is 10.1. The Morgan fingerprint density at radius 3 is 2.88 bits per heavy atom. The maximum absolute atomic E-state index is 12.4. The van der Waals surface area contributed by atoms with Crippen molar-refractivity contribution in [1.29, 1.82) is 0 Å². The monoisotopic (exact) mass is 437 g/mol. The lowest BCUT2D eigenvalue weighted by Gasteiger charge is -2.15. The first kappa shape index (κ1) is 21.5. The second-order valence-electron chi connectivity index (χ2n) is 7.62. The molecule has 2 aromatic heterocycles. The van der Waals surface area contributed by atoms with Crippen molar-refractivity contribution >= 4 is 29.0 Å². The van der Waals surface area contributed by atoms with Gasteiger partial charge < -0.3 is 20.3 Å². The van der Waals surface area contributed by atoms with Gasteiger partial charge in [-0.2, -0.15) is 4.52 Å². The predicted molar refractivity (Wildman–Crippen MR) is 120 cm³/mol. The van der Waals surface area contributed by atoms with Crippen molar-refractivity contribution in [3.8, 4) is 5.75 Å². The molecule has 1 fully saturated rings. The average Bonchev–Trinajstić information content (AvgIpc) is 3.41. The summed E-state index contributed by atoms with van der Waals surface area (Å²) in [6.07, 6.45) is 3.11. The van der Waals surface area contributed by atoms with Gasteiger partial charge in [-0.15, -0.1) is 15.3 Å². The number of nitrogens with zero attached hydrogens (tertiary/aromatic N) is 5. The predicted octanol–water partition coefficient (Wildman–Crippen LogP) is 2.13. The molecule has 0 bridgehead atoms. The number of para-hydroxylation sites is 2. The van der Waals surface area contributed by atoms with E-state index in [0.29, 0.717) is 48.1 Å². The summed E-state index contributed by atoms with van der Waals surface area (Å²) in [6, 6.07) is 11.0. The van der Waals surface area contributed by atoms with Gasteiger partial charge in [0, 0.05) is 38.9 Å². The van der Waals surface area contributed by atoms with Gasteiger partial charge in [0.05, 0.1) is 12.8 Å². The first-order valence-electron chi connectivity index (χ1n) is 10.8. The molecule has 32 heavy (non-hydrogen) atoms. The third-order valence-electron chi connectivity index (χ3n) is 5.37. The number of ether oxygens (including phenoxy) is 1. The first-order valence-corrected chi connectivity index (χ1v) is 10.8. The standard InChI is InChI=1S/C22H27N7O3/c1-32-17-7-3-2-6-16(17)24-21(30)12-11-20-26-25-19-10-9-18(27-29(19)20)23-13-5-15-28-14-4-8-22(28)31/h2-3,6-7,9-10H,4-5,8,11-15H2,1H3,(H,23,27)(H,24,30). The van der Waals surface area contributed by atoms with Gasteiger partial charge in [-0.25, -0.2) is 0 Å². The molecule has 3 aromatic rings. The highest BCUT2D eigenvalue weighted by molar-refractivity contribution is 5.92. The quantitative estimate of drug-likeness (QED) is 0.467. The molecular weight excluding hydrogens is 410 g/mol. The number of carbonyl (C=O) groups excluding carboxylic acids is 2. The fourth-order valence-electron chi connectivity index (χ4n) is 3.70. The van der Waals surface area contributed by atoms with Gasteiger partial charge in [0.1, 0.15) is 11.6 Å². The number of rotatable bonds is 10. The van der Waals surface area contributed by atoms with Crippen LogP contribution in [-0.2, 0) is 16.0 Å². The summed E-state index contributed by atoms with van der Waals surface area (Å²) in [4.78, 5) is 26.0. The van der Waals surface area contributed by atoms with Crippen LogP contribution in [0, 0.1) is 0 Å². The summed E-state index contributed by atoms with van der Waals surface area (Å²) in [5, 5.41) is 19.0. The number of likely N-dealkylation sites (tertiary alicyclic amines) is 1. The van der Waals surface area contributed by atoms with Crippen molar-refractivity contribution in [1.82, 2.24) is 24.7 Å². The van der Waals surface area contributed by atoms with Gasteiger partial charge in [-0.05, 0) is 37.1 Å². The molecule has 0 spiro atoms. The minimum absolute atomic E-state index is 0.142. The van der Waals surface area contributed by atoms with E-state index in [-0.39, 0.29) is 18.2 Å². The molecule has 10 nitrogen and oxygen atoms in total. The van der Waals surface area contributed by atoms with E-state index in [0.717, 1.165) is 25.9 Å². The lowest BCUT2D eigenvalue weighted by molar-refractivity contribution is -0.127. The molecule has 1 aliphatic rings. The number of hydrogen-bond acceptors (Lipinski definition) is 7. The SMILES string of the molecule is COc1ccccc1NC(=O)CCc1nnc2ccc(NCCCN3CCCC3=O)nn12. The number of nitrogens with one attached hydrogen (secondary N) is 2. The highest BCUT2D eigenvalue weighted by Gasteiger charge is 2.19. The Hall–Kier alpha value is -3.69. The summed E-state index contributed by atoms with van der Waals surface area (Å²) in [5.41, 5.74) is 1.25. The van der Waals surface area contributed by atoms with Gasteiger partial charge in [0.15, 0.2) is 11.5 Å². The maximum Gasteiger partial charge on any atom is 0.224 e. The van der Waals surface area contributed by atoms with E-state index in [1.54, 1.807) is 23.8 Å². The Labute approximate surface area is 186 Å². The fourth-order valence-corrected chi connectivity index (χ4v) is 3.70. The third kappa shape index (κ3) is 5.13. The Kier molecular flexibility index (Phi) is 6.78. The third-order valence-corrected chi connectivity index (χ3v) is 5.37. The van der Waals surface area contributed by atoms with Crippen LogP contribution in [0.4, 0.5) is 11.5 Å². The van der Waals surface area contributed by atoms with Crippen LogP contribution in [-0.4, -0.2) is 63.3 Å². The maximum atomic E-state index is 12.4. The van der Waals surface area contributed by atoms with Gasteiger partial charge in [0.25, 0.3) is 0 Å². The topological polar surface area (TPSA) is 114 Å². The lowest BCUT2D eigenvalue weighted by Crippen LogP contribution is -2.27. The largest absolute Gasteiger partial charge is 0.495 e. The van der Waals surface area contributed by atoms with E-state index in [1.807, 2.05) is 29.2 Å². The normalized spacial score (nSPS) is 13.5. The van der Waals surface area contributed by atoms with Gasteiger partial charge >= 0.3 is 0 Å². The Balaban J connectivity index is 1.31. The molecule has 1 aromatic carbocycles. The number of aryl methyl sites for hydroxylation is 1. The molecule has 1 saturated heterocycles. The number of fused-ring (bicyclic) bond motifs is 1. The van der Waals surface area contributed by atoms with Crippen molar-refractivity contribution in [2.75, 3.05) is 37.4 Å². The molecule has 0 unspecified atom stereocenters. The zero-order valence-electron chi connectivity index (χ0n) is 18.1. The number of methoxy groups -OCH3 is 1. The van der Waals surface area contributed by atoms with Crippen molar-refractivity contribution in [2.24, 2.45) is 0 Å². The molecule has 4 rings (SSSR count). The van der Waals surface area contributed by atoms with E-state index in [2.05, 4.69) is 25.9 Å². The number of anilines is 2. The summed E-state index contributed by atoms with van der Waals surface area (Å²) in [7, 11) is 1.57. The van der Waals surface area contributed by atoms with Gasteiger partial charge in [0.2, 0.25) is 11.8 Å². The van der Waals surface area contributed by atoms with Crippen LogP contribution < -0.4 is 15.4 Å². The van der Waals surface area contributed by atoms with Crippen LogP contribution in [0.3, 0.4) is 0 Å². The molecule has 3 heterocycles. The van der Waals surface area contributed by atoms with Gasteiger partial charge in [-0.3, -0.25) is 9.59 Å². The van der Waals surface area contributed by atoms with Crippen LogP contribution in [0.2, 0.25) is 0 Å². The van der Waals surface area contributed by atoms with E-state index in [4.69, 9.17) is 4.74 Å². The van der Waals surface area contributed by atoms with Crippen molar-refractivity contribution in [2.45, 2.75) is 32.1 Å². The lowest BCUT2D eigenvalue weighted by atomic mass is 10.2. The first-order chi connectivity index (χ1) is 15.6. The molecule has 0 saturated carbocycles. The molecule has 2 amide bonds. The van der Waals surface area contributed by atoms with E-state index < -0.39 is 0 Å². The zero-order valence-corrected chi connectivity index (χ0v) is 18.1. The Bertz CT molecular complexity index is 1100. The number of hydrogen-bond donors (Lipinski definition) is 2. The molecule has 10 heteroatoms. The highest BCUT2D eigenvalue weighted by atomic mass is 16.5. The summed E-state index contributed by atoms with van der Waals surface area (Å²) in [6.45, 7) is 2.33. The summed E-state index contributed by atoms with van der Waals surface area (Å²) >= 11 is 0. The highest BCUT2D eigenvalue weighted by Crippen LogP contribution is 2.23.